The highest BCUT2D eigenvalue weighted by molar-refractivity contribution is 5.32. The molecule has 0 fully saturated rings. The van der Waals surface area contributed by atoms with Crippen molar-refractivity contribution in [1.29, 1.82) is 0 Å². The van der Waals surface area contributed by atoms with Crippen molar-refractivity contribution in [3.63, 3.8) is 0 Å². The predicted octanol–water partition coefficient (Wildman–Crippen LogP) is 2.09. The van der Waals surface area contributed by atoms with Crippen LogP contribution in [-0.4, -0.2) is 11.2 Å². The maximum absolute atomic E-state index is 12.5. The van der Waals surface area contributed by atoms with Crippen molar-refractivity contribution >= 4 is 0 Å². The van der Waals surface area contributed by atoms with Crippen LogP contribution in [0.25, 0.3) is 0 Å². The third-order valence-corrected chi connectivity index (χ3v) is 2.15. The van der Waals surface area contributed by atoms with Crippen LogP contribution < -0.4 is 5.73 Å². The second-order valence-corrected chi connectivity index (χ2v) is 3.35. The quantitative estimate of drug-likeness (QED) is 0.800. The van der Waals surface area contributed by atoms with Gasteiger partial charge in [0.2, 0.25) is 0 Å². The number of aliphatic hydroxyl groups is 1. The minimum atomic E-state index is -4.44. The Bertz CT molecular complexity index is 336. The molecule has 0 unspecified atom stereocenters. The number of nitrogens with two attached hydrogens (primary N) is 1. The molecule has 0 aromatic heterocycles. The Balaban J connectivity index is 3.18. The van der Waals surface area contributed by atoms with Crippen LogP contribution in [0.3, 0.4) is 0 Å². The number of alkyl halides is 3. The highest BCUT2D eigenvalue weighted by atomic mass is 19.4. The fourth-order valence-corrected chi connectivity index (χ4v) is 1.31. The first kappa shape index (κ1) is 12.0. The van der Waals surface area contributed by atoms with Crippen molar-refractivity contribution in [2.75, 3.05) is 0 Å². The molecule has 5 heteroatoms. The molecule has 0 bridgehead atoms. The Hall–Kier alpha value is -1.07. The topological polar surface area (TPSA) is 46.2 Å². The van der Waals surface area contributed by atoms with Crippen LogP contribution in [0.4, 0.5) is 13.2 Å². The second-order valence-electron chi connectivity index (χ2n) is 3.35. The first-order valence-corrected chi connectivity index (χ1v) is 4.44. The van der Waals surface area contributed by atoms with E-state index >= 15 is 0 Å². The number of halogens is 3. The van der Waals surface area contributed by atoms with Gasteiger partial charge in [0.1, 0.15) is 0 Å². The molecule has 0 heterocycles. The highest BCUT2D eigenvalue weighted by Gasteiger charge is 2.34. The zero-order chi connectivity index (χ0) is 11.6. The zero-order valence-corrected chi connectivity index (χ0v) is 8.12. The van der Waals surface area contributed by atoms with Gasteiger partial charge in [0, 0.05) is 0 Å². The summed E-state index contributed by atoms with van der Waals surface area (Å²) in [5.41, 5.74) is 4.61. The molecule has 2 atom stereocenters. The first-order valence-electron chi connectivity index (χ1n) is 4.44. The number of rotatable bonds is 2. The van der Waals surface area contributed by atoms with E-state index in [9.17, 15) is 18.3 Å². The molecule has 0 amide bonds. The monoisotopic (exact) mass is 219 g/mol. The van der Waals surface area contributed by atoms with E-state index in [-0.39, 0.29) is 5.56 Å². The van der Waals surface area contributed by atoms with Crippen molar-refractivity contribution in [1.82, 2.24) is 0 Å². The van der Waals surface area contributed by atoms with Gasteiger partial charge in [-0.1, -0.05) is 18.2 Å². The standard InChI is InChI=1S/C10H12F3NO/c1-6(15)9(14)7-4-2-3-5-8(7)10(11,12)13/h2-6,9,15H,14H2,1H3/t6-,9-/m0/s1. The van der Waals surface area contributed by atoms with E-state index in [4.69, 9.17) is 5.73 Å². The molecule has 1 aromatic rings. The SMILES string of the molecule is C[C@H](O)[C@H](N)c1ccccc1C(F)(F)F. The van der Waals surface area contributed by atoms with Gasteiger partial charge in [0.15, 0.2) is 0 Å². The fourth-order valence-electron chi connectivity index (χ4n) is 1.31. The molecule has 84 valence electrons. The largest absolute Gasteiger partial charge is 0.416 e. The predicted molar refractivity (Wildman–Crippen MR) is 50.1 cm³/mol. The lowest BCUT2D eigenvalue weighted by molar-refractivity contribution is -0.138. The molecule has 0 aliphatic rings. The van der Waals surface area contributed by atoms with Crippen LogP contribution in [0.15, 0.2) is 24.3 Å². The van der Waals surface area contributed by atoms with Crippen LogP contribution in [0.2, 0.25) is 0 Å². The Labute approximate surface area is 85.5 Å². The summed E-state index contributed by atoms with van der Waals surface area (Å²) in [5.74, 6) is 0. The van der Waals surface area contributed by atoms with Crippen molar-refractivity contribution in [2.24, 2.45) is 5.73 Å². The third-order valence-electron chi connectivity index (χ3n) is 2.15. The molecule has 0 aliphatic carbocycles. The molecule has 0 radical (unpaired) electrons. The van der Waals surface area contributed by atoms with Gasteiger partial charge in [-0.05, 0) is 18.6 Å². The van der Waals surface area contributed by atoms with Gasteiger partial charge in [-0.3, -0.25) is 0 Å². The van der Waals surface area contributed by atoms with E-state index in [2.05, 4.69) is 0 Å². The molecule has 15 heavy (non-hydrogen) atoms. The molecule has 2 nitrogen and oxygen atoms in total. The van der Waals surface area contributed by atoms with E-state index in [1.807, 2.05) is 0 Å². The zero-order valence-electron chi connectivity index (χ0n) is 8.12. The lowest BCUT2D eigenvalue weighted by Gasteiger charge is -2.20. The molecule has 0 aliphatic heterocycles. The maximum Gasteiger partial charge on any atom is 0.416 e. The van der Waals surface area contributed by atoms with Crippen molar-refractivity contribution in [2.45, 2.75) is 25.2 Å². The summed E-state index contributed by atoms with van der Waals surface area (Å²) in [6.45, 7) is 1.36. The molecule has 0 saturated carbocycles. The van der Waals surface area contributed by atoms with E-state index in [1.165, 1.54) is 25.1 Å². The van der Waals surface area contributed by atoms with Gasteiger partial charge in [0.25, 0.3) is 0 Å². The van der Waals surface area contributed by atoms with Gasteiger partial charge in [-0.2, -0.15) is 13.2 Å². The number of hydrogen-bond donors (Lipinski definition) is 2. The van der Waals surface area contributed by atoms with Crippen LogP contribution >= 0.6 is 0 Å². The Morgan fingerprint density at radius 3 is 2.27 bits per heavy atom. The maximum atomic E-state index is 12.5. The van der Waals surface area contributed by atoms with Gasteiger partial charge < -0.3 is 10.8 Å². The molecule has 1 aromatic carbocycles. The Morgan fingerprint density at radius 2 is 1.80 bits per heavy atom. The molecule has 1 rings (SSSR count). The summed E-state index contributed by atoms with van der Waals surface area (Å²) < 4.78 is 37.6. The van der Waals surface area contributed by atoms with E-state index in [1.54, 1.807) is 0 Å². The van der Waals surface area contributed by atoms with Crippen molar-refractivity contribution < 1.29 is 18.3 Å². The molecule has 3 N–H and O–H groups in total. The minimum absolute atomic E-state index is 0.0833. The van der Waals surface area contributed by atoms with E-state index in [0.29, 0.717) is 0 Å². The third kappa shape index (κ3) is 2.70. The fraction of sp³-hybridized carbons (Fsp3) is 0.400. The molecular weight excluding hydrogens is 207 g/mol. The average Bonchev–Trinajstić information content (AvgIpc) is 2.15. The smallest absolute Gasteiger partial charge is 0.391 e. The summed E-state index contributed by atoms with van der Waals surface area (Å²) >= 11 is 0. The second kappa shape index (κ2) is 4.20. The van der Waals surface area contributed by atoms with Gasteiger partial charge in [-0.25, -0.2) is 0 Å². The average molecular weight is 219 g/mol. The summed E-state index contributed by atoms with van der Waals surface area (Å²) in [5, 5.41) is 9.17. The summed E-state index contributed by atoms with van der Waals surface area (Å²) in [4.78, 5) is 0. The van der Waals surface area contributed by atoms with Gasteiger partial charge in [-0.15, -0.1) is 0 Å². The highest BCUT2D eigenvalue weighted by Crippen LogP contribution is 2.34. The molecule has 0 spiro atoms. The lowest BCUT2D eigenvalue weighted by Crippen LogP contribution is -2.26. The van der Waals surface area contributed by atoms with E-state index < -0.39 is 23.9 Å². The Kier molecular flexibility index (Phi) is 3.36. The summed E-state index contributed by atoms with van der Waals surface area (Å²) in [6.07, 6.45) is -5.46. The lowest BCUT2D eigenvalue weighted by atomic mass is 9.97. The minimum Gasteiger partial charge on any atom is -0.391 e. The number of benzene rings is 1. The normalized spacial score (nSPS) is 16.1. The first-order chi connectivity index (χ1) is 6.84. The molecule has 0 saturated heterocycles. The Morgan fingerprint density at radius 1 is 1.27 bits per heavy atom. The number of hydrogen-bond acceptors (Lipinski definition) is 2. The number of aliphatic hydroxyl groups excluding tert-OH is 1. The van der Waals surface area contributed by atoms with Crippen molar-refractivity contribution in [3.05, 3.63) is 35.4 Å². The van der Waals surface area contributed by atoms with E-state index in [0.717, 1.165) is 6.07 Å². The van der Waals surface area contributed by atoms with Crippen LogP contribution in [0, 0.1) is 0 Å². The molecular formula is C10H12F3NO. The van der Waals surface area contributed by atoms with Crippen LogP contribution in [0.1, 0.15) is 24.1 Å². The van der Waals surface area contributed by atoms with Gasteiger partial charge >= 0.3 is 6.18 Å². The van der Waals surface area contributed by atoms with Crippen molar-refractivity contribution in [3.8, 4) is 0 Å². The summed E-state index contributed by atoms with van der Waals surface area (Å²) in [6, 6.07) is 3.97. The van der Waals surface area contributed by atoms with Gasteiger partial charge in [0.05, 0.1) is 17.7 Å². The van der Waals surface area contributed by atoms with Crippen LogP contribution in [-0.2, 0) is 6.18 Å². The summed E-state index contributed by atoms with van der Waals surface area (Å²) in [7, 11) is 0. The van der Waals surface area contributed by atoms with Crippen LogP contribution in [0.5, 0.6) is 0 Å².